The Morgan fingerprint density at radius 2 is 1.67 bits per heavy atom. The lowest BCUT2D eigenvalue weighted by atomic mass is 9.86. The quantitative estimate of drug-likeness (QED) is 0.802. The predicted octanol–water partition coefficient (Wildman–Crippen LogP) is 3.49. The van der Waals surface area contributed by atoms with E-state index in [1.165, 1.54) is 11.1 Å². The van der Waals surface area contributed by atoms with Crippen molar-refractivity contribution in [3.63, 3.8) is 0 Å². The first kappa shape index (κ1) is 15.2. The molecule has 0 aliphatic rings. The van der Waals surface area contributed by atoms with Crippen LogP contribution in [0.25, 0.3) is 0 Å². The first-order valence-corrected chi connectivity index (χ1v) is 6.95. The summed E-state index contributed by atoms with van der Waals surface area (Å²) in [6.07, 6.45) is 1.88. The molecule has 0 aliphatic carbocycles. The van der Waals surface area contributed by atoms with Crippen molar-refractivity contribution in [1.82, 2.24) is 0 Å². The molecule has 0 aliphatic heterocycles. The van der Waals surface area contributed by atoms with Crippen LogP contribution in [0.2, 0.25) is 0 Å². The van der Waals surface area contributed by atoms with Gasteiger partial charge in [-0.3, -0.25) is 0 Å². The second kappa shape index (κ2) is 6.91. The maximum absolute atomic E-state index is 10.5. The molecule has 2 nitrogen and oxygen atoms in total. The van der Waals surface area contributed by atoms with Crippen LogP contribution < -0.4 is 0 Å². The molecule has 1 unspecified atom stereocenters. The number of benzene rings is 1. The largest absolute Gasteiger partial charge is 0.390 e. The Hall–Kier alpha value is -0.860. The van der Waals surface area contributed by atoms with E-state index in [4.69, 9.17) is 4.74 Å². The van der Waals surface area contributed by atoms with Crippen molar-refractivity contribution in [3.8, 4) is 0 Å². The van der Waals surface area contributed by atoms with E-state index in [1.54, 1.807) is 0 Å². The number of ether oxygens (including phenoxy) is 1. The molecule has 1 rings (SSSR count). The maximum Gasteiger partial charge on any atom is 0.0938 e. The third kappa shape index (κ3) is 3.56. The first-order valence-electron chi connectivity index (χ1n) is 6.95. The normalized spacial score (nSPS) is 13.6. The molecule has 1 aromatic rings. The van der Waals surface area contributed by atoms with Gasteiger partial charge in [0.05, 0.1) is 11.7 Å². The molecular formula is C16H26O2. The number of aryl methyl sites for hydroxylation is 1. The van der Waals surface area contributed by atoms with Crippen LogP contribution >= 0.6 is 0 Å². The zero-order chi connectivity index (χ0) is 13.6. The van der Waals surface area contributed by atoms with E-state index in [0.717, 1.165) is 12.8 Å². The van der Waals surface area contributed by atoms with Crippen LogP contribution in [0.15, 0.2) is 24.3 Å². The van der Waals surface area contributed by atoms with Crippen molar-refractivity contribution in [3.05, 3.63) is 35.4 Å². The smallest absolute Gasteiger partial charge is 0.0938 e. The van der Waals surface area contributed by atoms with E-state index in [9.17, 15) is 5.11 Å². The molecule has 0 saturated heterocycles. The summed E-state index contributed by atoms with van der Waals surface area (Å²) < 4.78 is 5.84. The van der Waals surface area contributed by atoms with E-state index in [1.807, 2.05) is 6.92 Å². The van der Waals surface area contributed by atoms with Gasteiger partial charge in [-0.1, -0.05) is 43.7 Å². The van der Waals surface area contributed by atoms with Crippen LogP contribution in [0, 0.1) is 6.92 Å². The number of hydrogen-bond acceptors (Lipinski definition) is 2. The molecule has 1 aromatic carbocycles. The lowest BCUT2D eigenvalue weighted by Crippen LogP contribution is -2.45. The van der Waals surface area contributed by atoms with Crippen LogP contribution in [0.4, 0.5) is 0 Å². The minimum atomic E-state index is -0.449. The van der Waals surface area contributed by atoms with Gasteiger partial charge in [-0.05, 0) is 32.3 Å². The molecule has 1 N–H and O–H groups in total. The third-order valence-electron chi connectivity index (χ3n) is 3.79. The van der Waals surface area contributed by atoms with E-state index in [-0.39, 0.29) is 0 Å². The second-order valence-corrected chi connectivity index (χ2v) is 4.91. The van der Waals surface area contributed by atoms with Gasteiger partial charge >= 0.3 is 0 Å². The number of aliphatic hydroxyl groups excluding tert-OH is 1. The minimum Gasteiger partial charge on any atom is -0.390 e. The molecule has 18 heavy (non-hydrogen) atoms. The molecule has 2 heteroatoms. The Morgan fingerprint density at radius 3 is 2.11 bits per heavy atom. The highest BCUT2D eigenvalue weighted by atomic mass is 16.5. The van der Waals surface area contributed by atoms with E-state index >= 15 is 0 Å². The Bertz CT molecular complexity index is 339. The summed E-state index contributed by atoms with van der Waals surface area (Å²) in [5.74, 6) is 0. The summed E-state index contributed by atoms with van der Waals surface area (Å²) in [5, 5.41) is 10.5. The standard InChI is InChI=1S/C16H26O2/c1-5-16(6-2,18-7-3)15(17)12-14-10-8-13(4)9-11-14/h8-11,15,17H,5-7,12H2,1-4H3. The van der Waals surface area contributed by atoms with Crippen molar-refractivity contribution in [2.45, 2.75) is 58.7 Å². The van der Waals surface area contributed by atoms with Gasteiger partial charge in [-0.25, -0.2) is 0 Å². The van der Waals surface area contributed by atoms with Crippen LogP contribution in [-0.2, 0) is 11.2 Å². The lowest BCUT2D eigenvalue weighted by Gasteiger charge is -2.36. The molecule has 0 radical (unpaired) electrons. The van der Waals surface area contributed by atoms with Crippen molar-refractivity contribution in [2.24, 2.45) is 0 Å². The van der Waals surface area contributed by atoms with E-state index < -0.39 is 11.7 Å². The van der Waals surface area contributed by atoms with Crippen molar-refractivity contribution in [2.75, 3.05) is 6.61 Å². The maximum atomic E-state index is 10.5. The van der Waals surface area contributed by atoms with Gasteiger partial charge in [0.25, 0.3) is 0 Å². The van der Waals surface area contributed by atoms with Crippen LogP contribution in [0.5, 0.6) is 0 Å². The summed E-state index contributed by atoms with van der Waals surface area (Å²) in [6.45, 7) is 8.86. The highest BCUT2D eigenvalue weighted by Crippen LogP contribution is 2.27. The fourth-order valence-electron chi connectivity index (χ4n) is 2.44. The minimum absolute atomic E-state index is 0.403. The van der Waals surface area contributed by atoms with Crippen molar-refractivity contribution >= 4 is 0 Å². The van der Waals surface area contributed by atoms with Crippen LogP contribution in [-0.4, -0.2) is 23.4 Å². The fourth-order valence-corrected chi connectivity index (χ4v) is 2.44. The molecule has 0 amide bonds. The summed E-state index contributed by atoms with van der Waals surface area (Å²) in [7, 11) is 0. The molecule has 0 saturated carbocycles. The Balaban J connectivity index is 2.77. The fraction of sp³-hybridized carbons (Fsp3) is 0.625. The topological polar surface area (TPSA) is 29.5 Å². The van der Waals surface area contributed by atoms with Gasteiger partial charge in [0.2, 0.25) is 0 Å². The van der Waals surface area contributed by atoms with E-state index in [0.29, 0.717) is 13.0 Å². The van der Waals surface area contributed by atoms with Gasteiger partial charge in [-0.2, -0.15) is 0 Å². The van der Waals surface area contributed by atoms with Crippen molar-refractivity contribution < 1.29 is 9.84 Å². The molecule has 0 spiro atoms. The van der Waals surface area contributed by atoms with Crippen LogP contribution in [0.3, 0.4) is 0 Å². The summed E-state index contributed by atoms with van der Waals surface area (Å²) in [4.78, 5) is 0. The zero-order valence-corrected chi connectivity index (χ0v) is 12.1. The molecule has 0 bridgehead atoms. The SMILES string of the molecule is CCOC(CC)(CC)C(O)Cc1ccc(C)cc1. The Morgan fingerprint density at radius 1 is 1.11 bits per heavy atom. The van der Waals surface area contributed by atoms with Crippen molar-refractivity contribution in [1.29, 1.82) is 0 Å². The number of hydrogen-bond donors (Lipinski definition) is 1. The Labute approximate surface area is 111 Å². The third-order valence-corrected chi connectivity index (χ3v) is 3.79. The van der Waals surface area contributed by atoms with E-state index in [2.05, 4.69) is 45.0 Å². The lowest BCUT2D eigenvalue weighted by molar-refractivity contribution is -0.124. The molecular weight excluding hydrogens is 224 g/mol. The first-order chi connectivity index (χ1) is 8.57. The van der Waals surface area contributed by atoms with Gasteiger partial charge in [0.15, 0.2) is 0 Å². The Kier molecular flexibility index (Phi) is 5.83. The molecule has 102 valence electrons. The number of aliphatic hydroxyl groups is 1. The second-order valence-electron chi connectivity index (χ2n) is 4.91. The summed E-state index contributed by atoms with van der Waals surface area (Å²) in [5.41, 5.74) is 2.01. The van der Waals surface area contributed by atoms with Crippen LogP contribution in [0.1, 0.15) is 44.7 Å². The summed E-state index contributed by atoms with van der Waals surface area (Å²) >= 11 is 0. The summed E-state index contributed by atoms with van der Waals surface area (Å²) in [6, 6.07) is 8.34. The highest BCUT2D eigenvalue weighted by Gasteiger charge is 2.35. The monoisotopic (exact) mass is 250 g/mol. The average Bonchev–Trinajstić information content (AvgIpc) is 2.38. The van der Waals surface area contributed by atoms with Gasteiger partial charge in [0.1, 0.15) is 0 Å². The number of rotatable bonds is 7. The molecule has 1 atom stereocenters. The van der Waals surface area contributed by atoms with Gasteiger partial charge < -0.3 is 9.84 Å². The highest BCUT2D eigenvalue weighted by molar-refractivity contribution is 5.22. The molecule has 0 heterocycles. The zero-order valence-electron chi connectivity index (χ0n) is 12.1. The van der Waals surface area contributed by atoms with Gasteiger partial charge in [0, 0.05) is 13.0 Å². The average molecular weight is 250 g/mol. The molecule has 0 aromatic heterocycles. The predicted molar refractivity (Wildman–Crippen MR) is 75.8 cm³/mol. The molecule has 0 fully saturated rings. The van der Waals surface area contributed by atoms with Gasteiger partial charge in [-0.15, -0.1) is 0 Å².